The van der Waals surface area contributed by atoms with Crippen LogP contribution in [-0.2, 0) is 11.2 Å². The first-order valence-electron chi connectivity index (χ1n) is 9.97. The second kappa shape index (κ2) is 8.10. The van der Waals surface area contributed by atoms with Crippen molar-refractivity contribution in [1.82, 2.24) is 34.9 Å². The van der Waals surface area contributed by atoms with E-state index in [9.17, 15) is 4.79 Å². The Morgan fingerprint density at radius 2 is 1.77 bits per heavy atom. The van der Waals surface area contributed by atoms with Gasteiger partial charge < -0.3 is 5.32 Å². The number of carbonyl (C=O) groups excluding carboxylic acids is 1. The van der Waals surface area contributed by atoms with E-state index in [4.69, 9.17) is 0 Å². The Kier molecular flexibility index (Phi) is 5.33. The van der Waals surface area contributed by atoms with Crippen LogP contribution in [0.15, 0.2) is 30.3 Å². The number of aryl methyl sites for hydroxylation is 4. The lowest BCUT2D eigenvalue weighted by Gasteiger charge is -2.08. The molecule has 0 atom stereocenters. The fourth-order valence-electron chi connectivity index (χ4n) is 3.50. The predicted octanol–water partition coefficient (Wildman–Crippen LogP) is 3.17. The summed E-state index contributed by atoms with van der Waals surface area (Å²) in [5.41, 5.74) is 5.75. The molecular formula is C22H24N8O. The van der Waals surface area contributed by atoms with Crippen LogP contribution in [-0.4, -0.2) is 40.8 Å². The number of aromatic nitrogens is 7. The van der Waals surface area contributed by atoms with Crippen LogP contribution in [0, 0.1) is 34.6 Å². The minimum atomic E-state index is -0.129. The molecule has 9 nitrogen and oxygen atoms in total. The van der Waals surface area contributed by atoms with Gasteiger partial charge in [-0.15, -0.1) is 0 Å². The second-order valence-corrected chi connectivity index (χ2v) is 7.56. The Bertz CT molecular complexity index is 1250. The van der Waals surface area contributed by atoms with Crippen LogP contribution >= 0.6 is 0 Å². The van der Waals surface area contributed by atoms with Crippen molar-refractivity contribution in [2.24, 2.45) is 0 Å². The van der Waals surface area contributed by atoms with Crippen LogP contribution in [0.2, 0.25) is 0 Å². The quantitative estimate of drug-likeness (QED) is 0.516. The molecule has 31 heavy (non-hydrogen) atoms. The van der Waals surface area contributed by atoms with E-state index in [1.165, 1.54) is 0 Å². The molecule has 1 amide bonds. The predicted molar refractivity (Wildman–Crippen MR) is 117 cm³/mol. The third-order valence-electron chi connectivity index (χ3n) is 4.94. The average molecular weight is 416 g/mol. The van der Waals surface area contributed by atoms with Gasteiger partial charge in [-0.25, -0.2) is 19.6 Å². The van der Waals surface area contributed by atoms with Crippen molar-refractivity contribution in [2.75, 3.05) is 5.32 Å². The molecule has 0 fully saturated rings. The molecule has 0 radical (unpaired) electrons. The van der Waals surface area contributed by atoms with Gasteiger partial charge in [0.25, 0.3) is 5.95 Å². The zero-order valence-corrected chi connectivity index (χ0v) is 18.2. The number of carbonyl (C=O) groups is 1. The van der Waals surface area contributed by atoms with E-state index in [1.54, 1.807) is 4.68 Å². The Balaban J connectivity index is 1.54. The molecule has 3 aromatic heterocycles. The van der Waals surface area contributed by atoms with Crippen LogP contribution < -0.4 is 5.32 Å². The first kappa shape index (κ1) is 20.4. The molecule has 0 unspecified atom stereocenters. The van der Waals surface area contributed by atoms with Crippen molar-refractivity contribution in [3.63, 3.8) is 0 Å². The fourth-order valence-corrected chi connectivity index (χ4v) is 3.50. The zero-order chi connectivity index (χ0) is 22.1. The Morgan fingerprint density at radius 1 is 1.03 bits per heavy atom. The number of nitrogens with one attached hydrogen (secondary N) is 2. The number of amides is 1. The molecule has 4 aromatic rings. The maximum Gasteiger partial charge on any atom is 0.251 e. The third kappa shape index (κ3) is 4.35. The molecule has 3 heterocycles. The van der Waals surface area contributed by atoms with Gasteiger partial charge in [-0.3, -0.25) is 9.89 Å². The van der Waals surface area contributed by atoms with Gasteiger partial charge in [-0.2, -0.15) is 10.2 Å². The van der Waals surface area contributed by atoms with Gasteiger partial charge >= 0.3 is 0 Å². The Morgan fingerprint density at radius 3 is 2.45 bits per heavy atom. The van der Waals surface area contributed by atoms with Gasteiger partial charge in [-0.05, 0) is 52.8 Å². The highest BCUT2D eigenvalue weighted by Gasteiger charge is 2.18. The average Bonchev–Trinajstić information content (AvgIpc) is 3.26. The molecule has 0 aliphatic rings. The number of hydrogen-bond acceptors (Lipinski definition) is 6. The fraction of sp³-hybridized carbons (Fsp3) is 0.273. The Labute approximate surface area is 180 Å². The van der Waals surface area contributed by atoms with Crippen molar-refractivity contribution >= 4 is 11.6 Å². The van der Waals surface area contributed by atoms with Crippen LogP contribution in [0.4, 0.5) is 5.69 Å². The van der Waals surface area contributed by atoms with E-state index in [0.717, 1.165) is 39.7 Å². The third-order valence-corrected chi connectivity index (χ3v) is 4.94. The topological polar surface area (TPSA) is 114 Å². The van der Waals surface area contributed by atoms with E-state index < -0.39 is 0 Å². The van der Waals surface area contributed by atoms with E-state index in [1.807, 2.05) is 65.0 Å². The zero-order valence-electron chi connectivity index (χ0n) is 18.2. The molecule has 4 rings (SSSR count). The van der Waals surface area contributed by atoms with Crippen molar-refractivity contribution in [3.05, 3.63) is 64.5 Å². The summed E-state index contributed by atoms with van der Waals surface area (Å²) in [5.74, 6) is 1.71. The number of anilines is 1. The highest BCUT2D eigenvalue weighted by atomic mass is 16.1. The van der Waals surface area contributed by atoms with Gasteiger partial charge in [0.15, 0.2) is 5.82 Å². The summed E-state index contributed by atoms with van der Waals surface area (Å²) >= 11 is 0. The molecule has 0 spiro atoms. The standard InChI is InChI=1S/C22H24N8O/c1-12-9-13(2)24-22(23-12)30-15(4)19(14(3)29-30)11-20(31)26-18-8-6-7-17(10-18)21-25-16(5)27-28-21/h6-10H,11H2,1-5H3,(H,26,31)(H,25,27,28). The maximum atomic E-state index is 12.8. The van der Waals surface area contributed by atoms with Crippen LogP contribution in [0.5, 0.6) is 0 Å². The smallest absolute Gasteiger partial charge is 0.251 e. The van der Waals surface area contributed by atoms with Crippen molar-refractivity contribution in [3.8, 4) is 17.3 Å². The summed E-state index contributed by atoms with van der Waals surface area (Å²) in [7, 11) is 0. The number of aromatic amines is 1. The summed E-state index contributed by atoms with van der Waals surface area (Å²) in [6, 6.07) is 9.38. The first-order valence-corrected chi connectivity index (χ1v) is 9.97. The molecule has 2 N–H and O–H groups in total. The number of H-pyrrole nitrogens is 1. The highest BCUT2D eigenvalue weighted by Crippen LogP contribution is 2.21. The summed E-state index contributed by atoms with van der Waals surface area (Å²) in [4.78, 5) is 26.1. The summed E-state index contributed by atoms with van der Waals surface area (Å²) in [6.07, 6.45) is 0.201. The number of nitrogens with zero attached hydrogens (tertiary/aromatic N) is 6. The van der Waals surface area contributed by atoms with Gasteiger partial charge in [0, 0.05) is 33.9 Å². The molecule has 0 aliphatic heterocycles. The van der Waals surface area contributed by atoms with Crippen LogP contribution in [0.25, 0.3) is 17.3 Å². The van der Waals surface area contributed by atoms with Crippen molar-refractivity contribution < 1.29 is 4.79 Å². The minimum Gasteiger partial charge on any atom is -0.326 e. The monoisotopic (exact) mass is 416 g/mol. The van der Waals surface area contributed by atoms with E-state index in [0.29, 0.717) is 17.5 Å². The maximum absolute atomic E-state index is 12.8. The summed E-state index contributed by atoms with van der Waals surface area (Å²) in [6.45, 7) is 9.51. The van der Waals surface area contributed by atoms with Crippen LogP contribution in [0.1, 0.15) is 34.2 Å². The lowest BCUT2D eigenvalue weighted by atomic mass is 10.1. The lowest BCUT2D eigenvalue weighted by molar-refractivity contribution is -0.115. The molecule has 1 aromatic carbocycles. The van der Waals surface area contributed by atoms with Gasteiger partial charge in [0.05, 0.1) is 12.1 Å². The summed E-state index contributed by atoms with van der Waals surface area (Å²) < 4.78 is 1.70. The van der Waals surface area contributed by atoms with Crippen LogP contribution in [0.3, 0.4) is 0 Å². The van der Waals surface area contributed by atoms with E-state index >= 15 is 0 Å². The Hall–Kier alpha value is -3.88. The molecule has 0 bridgehead atoms. The second-order valence-electron chi connectivity index (χ2n) is 7.56. The van der Waals surface area contributed by atoms with Gasteiger partial charge in [0.1, 0.15) is 5.82 Å². The number of rotatable bonds is 5. The largest absolute Gasteiger partial charge is 0.326 e. The molecule has 0 saturated heterocycles. The SMILES string of the molecule is Cc1cc(C)nc(-n2nc(C)c(CC(=O)Nc3cccc(-c4n[nH]c(C)n4)c3)c2C)n1. The molecule has 0 saturated carbocycles. The minimum absolute atomic E-state index is 0.129. The van der Waals surface area contributed by atoms with Gasteiger partial charge in [0.2, 0.25) is 5.91 Å². The highest BCUT2D eigenvalue weighted by molar-refractivity contribution is 5.93. The number of benzene rings is 1. The molecule has 0 aliphatic carbocycles. The normalized spacial score (nSPS) is 11.0. The summed E-state index contributed by atoms with van der Waals surface area (Å²) in [5, 5.41) is 14.5. The molecule has 158 valence electrons. The number of hydrogen-bond donors (Lipinski definition) is 2. The van der Waals surface area contributed by atoms with E-state index in [2.05, 4.69) is 35.6 Å². The van der Waals surface area contributed by atoms with Crippen molar-refractivity contribution in [2.45, 2.75) is 41.0 Å². The van der Waals surface area contributed by atoms with Gasteiger partial charge in [-0.1, -0.05) is 12.1 Å². The lowest BCUT2D eigenvalue weighted by Crippen LogP contribution is -2.15. The van der Waals surface area contributed by atoms with Crippen molar-refractivity contribution in [1.29, 1.82) is 0 Å². The van der Waals surface area contributed by atoms with E-state index in [-0.39, 0.29) is 12.3 Å². The first-order chi connectivity index (χ1) is 14.8. The molecule has 9 heteroatoms. The molecular weight excluding hydrogens is 392 g/mol.